The molecule has 2 aromatic rings. The molecule has 6 heteroatoms. The summed E-state index contributed by atoms with van der Waals surface area (Å²) in [5, 5.41) is 12.9. The first-order chi connectivity index (χ1) is 12.2. The van der Waals surface area contributed by atoms with Crippen LogP contribution in [0.4, 0.5) is 13.2 Å². The number of nitrogens with one attached hydrogen (secondary N) is 1. The van der Waals surface area contributed by atoms with E-state index in [-0.39, 0.29) is 5.56 Å². The molecule has 1 amide bonds. The molecular formula is C20H22F3NO2. The molecule has 2 rings (SSSR count). The molecule has 0 saturated carbocycles. The van der Waals surface area contributed by atoms with Crippen LogP contribution >= 0.6 is 0 Å². The van der Waals surface area contributed by atoms with Crippen molar-refractivity contribution in [2.24, 2.45) is 0 Å². The maximum atomic E-state index is 13.5. The molecule has 2 N–H and O–H groups in total. The van der Waals surface area contributed by atoms with Gasteiger partial charge in [0.2, 0.25) is 5.91 Å². The van der Waals surface area contributed by atoms with Crippen LogP contribution in [-0.2, 0) is 10.4 Å². The van der Waals surface area contributed by atoms with Crippen LogP contribution in [0.1, 0.15) is 42.5 Å². The predicted octanol–water partition coefficient (Wildman–Crippen LogP) is 4.40. The lowest BCUT2D eigenvalue weighted by Crippen LogP contribution is -2.46. The van der Waals surface area contributed by atoms with E-state index >= 15 is 0 Å². The molecule has 2 aromatic carbocycles. The second kappa shape index (κ2) is 7.91. The molecule has 0 aliphatic carbocycles. The summed E-state index contributed by atoms with van der Waals surface area (Å²) in [7, 11) is 0. The lowest BCUT2D eigenvalue weighted by atomic mass is 9.89. The summed E-state index contributed by atoms with van der Waals surface area (Å²) in [6.45, 7) is 3.75. The predicted molar refractivity (Wildman–Crippen MR) is 93.4 cm³/mol. The quantitative estimate of drug-likeness (QED) is 0.797. The maximum absolute atomic E-state index is 13.5. The van der Waals surface area contributed by atoms with E-state index in [0.717, 1.165) is 23.3 Å². The minimum atomic E-state index is -4.97. The van der Waals surface area contributed by atoms with Gasteiger partial charge in [0.1, 0.15) is 0 Å². The third kappa shape index (κ3) is 4.43. The van der Waals surface area contributed by atoms with Crippen LogP contribution in [0.15, 0.2) is 54.6 Å². The highest BCUT2D eigenvalue weighted by Crippen LogP contribution is 2.41. The molecule has 0 aromatic heterocycles. The van der Waals surface area contributed by atoms with E-state index in [1.54, 1.807) is 6.07 Å². The molecule has 2 unspecified atom stereocenters. The molecule has 140 valence electrons. The Bertz CT molecular complexity index is 729. The summed E-state index contributed by atoms with van der Waals surface area (Å²) in [5.41, 5.74) is -1.73. The van der Waals surface area contributed by atoms with Crippen molar-refractivity contribution in [1.29, 1.82) is 0 Å². The summed E-state index contributed by atoms with van der Waals surface area (Å²) in [5.74, 6) is -0.860. The number of hydrogen-bond donors (Lipinski definition) is 2. The van der Waals surface area contributed by atoms with E-state index in [1.165, 1.54) is 12.1 Å². The zero-order valence-corrected chi connectivity index (χ0v) is 14.7. The fourth-order valence-corrected chi connectivity index (χ4v) is 2.78. The van der Waals surface area contributed by atoms with Crippen molar-refractivity contribution in [3.8, 4) is 0 Å². The number of alkyl halides is 3. The van der Waals surface area contributed by atoms with Crippen molar-refractivity contribution < 1.29 is 23.1 Å². The molecule has 0 heterocycles. The van der Waals surface area contributed by atoms with Crippen LogP contribution in [0.3, 0.4) is 0 Å². The zero-order chi connectivity index (χ0) is 19.4. The second-order valence-corrected chi connectivity index (χ2v) is 6.34. The highest BCUT2D eigenvalue weighted by atomic mass is 19.4. The highest BCUT2D eigenvalue weighted by molar-refractivity contribution is 5.78. The second-order valence-electron chi connectivity index (χ2n) is 6.34. The smallest absolute Gasteiger partial charge is 0.376 e. The first-order valence-electron chi connectivity index (χ1n) is 8.38. The normalized spacial score (nSPS) is 15.2. The van der Waals surface area contributed by atoms with E-state index in [9.17, 15) is 23.1 Å². The van der Waals surface area contributed by atoms with Gasteiger partial charge in [-0.2, -0.15) is 13.2 Å². The van der Waals surface area contributed by atoms with E-state index < -0.39 is 30.1 Å². The van der Waals surface area contributed by atoms with Gasteiger partial charge in [0, 0.05) is 0 Å². The fourth-order valence-electron chi connectivity index (χ4n) is 2.78. The highest BCUT2D eigenvalue weighted by Gasteiger charge is 2.56. The Morgan fingerprint density at radius 3 is 2.15 bits per heavy atom. The van der Waals surface area contributed by atoms with Gasteiger partial charge in [-0.05, 0) is 24.5 Å². The van der Waals surface area contributed by atoms with Crippen molar-refractivity contribution in [2.75, 3.05) is 0 Å². The lowest BCUT2D eigenvalue weighted by Gasteiger charge is -2.31. The lowest BCUT2D eigenvalue weighted by molar-refractivity contribution is -0.267. The Morgan fingerprint density at radius 1 is 1.08 bits per heavy atom. The molecule has 0 aliphatic heterocycles. The van der Waals surface area contributed by atoms with Gasteiger partial charge in [-0.25, -0.2) is 0 Å². The number of aliphatic hydroxyl groups is 1. The Kier molecular flexibility index (Phi) is 6.08. The van der Waals surface area contributed by atoms with Gasteiger partial charge >= 0.3 is 6.18 Å². The van der Waals surface area contributed by atoms with Gasteiger partial charge in [0.05, 0.1) is 12.5 Å². The van der Waals surface area contributed by atoms with E-state index in [1.807, 2.05) is 38.1 Å². The minimum Gasteiger partial charge on any atom is -0.376 e. The van der Waals surface area contributed by atoms with Gasteiger partial charge in [0.25, 0.3) is 0 Å². The molecule has 2 atom stereocenters. The Labute approximate surface area is 150 Å². The van der Waals surface area contributed by atoms with Gasteiger partial charge < -0.3 is 10.4 Å². The van der Waals surface area contributed by atoms with E-state index in [0.29, 0.717) is 6.42 Å². The van der Waals surface area contributed by atoms with Crippen LogP contribution in [0.2, 0.25) is 0 Å². The van der Waals surface area contributed by atoms with E-state index in [4.69, 9.17) is 0 Å². The topological polar surface area (TPSA) is 49.3 Å². The number of carbonyl (C=O) groups is 1. The third-order valence-electron chi connectivity index (χ3n) is 4.36. The van der Waals surface area contributed by atoms with Crippen molar-refractivity contribution in [1.82, 2.24) is 5.32 Å². The van der Waals surface area contributed by atoms with Crippen LogP contribution in [-0.4, -0.2) is 17.2 Å². The van der Waals surface area contributed by atoms with Gasteiger partial charge in [-0.3, -0.25) is 4.79 Å². The van der Waals surface area contributed by atoms with Crippen molar-refractivity contribution in [2.45, 2.75) is 44.5 Å². The Morgan fingerprint density at radius 2 is 1.65 bits per heavy atom. The van der Waals surface area contributed by atoms with Crippen LogP contribution in [0.25, 0.3) is 0 Å². The monoisotopic (exact) mass is 365 g/mol. The molecule has 0 aliphatic rings. The summed E-state index contributed by atoms with van der Waals surface area (Å²) in [6.07, 6.45) is -5.55. The molecule has 26 heavy (non-hydrogen) atoms. The summed E-state index contributed by atoms with van der Waals surface area (Å²) in [4.78, 5) is 12.3. The Balaban J connectivity index is 2.20. The molecule has 0 saturated heterocycles. The van der Waals surface area contributed by atoms with Crippen LogP contribution < -0.4 is 5.32 Å². The van der Waals surface area contributed by atoms with Gasteiger partial charge in [0.15, 0.2) is 5.60 Å². The maximum Gasteiger partial charge on any atom is 0.421 e. The average Bonchev–Trinajstić information content (AvgIpc) is 2.60. The number of carbonyl (C=O) groups excluding carboxylic acids is 1. The van der Waals surface area contributed by atoms with Crippen molar-refractivity contribution in [3.63, 3.8) is 0 Å². The molecule has 0 radical (unpaired) electrons. The zero-order valence-electron chi connectivity index (χ0n) is 14.7. The molecule has 0 fully saturated rings. The Hall–Kier alpha value is -2.34. The number of amides is 1. The number of hydrogen-bond acceptors (Lipinski definition) is 2. The molecular weight excluding hydrogens is 343 g/mol. The third-order valence-corrected chi connectivity index (χ3v) is 4.36. The average molecular weight is 365 g/mol. The largest absolute Gasteiger partial charge is 0.421 e. The van der Waals surface area contributed by atoms with E-state index in [2.05, 4.69) is 5.32 Å². The first-order valence-corrected chi connectivity index (χ1v) is 8.38. The van der Waals surface area contributed by atoms with Crippen molar-refractivity contribution in [3.05, 3.63) is 71.3 Å². The van der Waals surface area contributed by atoms with Crippen molar-refractivity contribution >= 4 is 5.91 Å². The van der Waals surface area contributed by atoms with Crippen LogP contribution in [0, 0.1) is 6.92 Å². The SMILES string of the molecule is CCC(NC(=O)CC(O)(c1ccccc1)C(F)(F)F)c1ccc(C)cc1. The number of halogens is 3. The van der Waals surface area contributed by atoms with Crippen LogP contribution in [0.5, 0.6) is 0 Å². The fraction of sp³-hybridized carbons (Fsp3) is 0.350. The number of benzene rings is 2. The molecule has 0 spiro atoms. The number of rotatable bonds is 6. The molecule has 3 nitrogen and oxygen atoms in total. The summed E-state index contributed by atoms with van der Waals surface area (Å²) in [6, 6.07) is 13.7. The number of aryl methyl sites for hydroxylation is 1. The standard InChI is InChI=1S/C20H22F3NO2/c1-3-17(15-11-9-14(2)10-12-15)24-18(25)13-19(26,20(21,22)23)16-7-5-4-6-8-16/h4-12,17,26H,3,13H2,1-2H3,(H,24,25). The van der Waals surface area contributed by atoms with Gasteiger partial charge in [-0.1, -0.05) is 67.1 Å². The van der Waals surface area contributed by atoms with Gasteiger partial charge in [-0.15, -0.1) is 0 Å². The first kappa shape index (κ1) is 20.0. The summed E-state index contributed by atoms with van der Waals surface area (Å²) >= 11 is 0. The molecule has 0 bridgehead atoms. The minimum absolute atomic E-state index is 0.356. The summed E-state index contributed by atoms with van der Waals surface area (Å²) < 4.78 is 40.5.